The van der Waals surface area contributed by atoms with E-state index in [0.717, 1.165) is 15.6 Å². The average Bonchev–Trinajstić information content (AvgIpc) is 2.90. The second-order valence-electron chi connectivity index (χ2n) is 4.09. The maximum absolute atomic E-state index is 11.2. The van der Waals surface area contributed by atoms with Crippen LogP contribution in [-0.4, -0.2) is 20.9 Å². The predicted octanol–water partition coefficient (Wildman–Crippen LogP) is 3.76. The van der Waals surface area contributed by atoms with Crippen LogP contribution >= 0.6 is 27.3 Å². The van der Waals surface area contributed by atoms with E-state index in [-0.39, 0.29) is 5.69 Å². The molecule has 0 atom stereocenters. The molecule has 0 aliphatic heterocycles. The van der Waals surface area contributed by atoms with E-state index in [1.54, 1.807) is 18.4 Å². The van der Waals surface area contributed by atoms with Gasteiger partial charge in [0, 0.05) is 28.1 Å². The van der Waals surface area contributed by atoms with E-state index < -0.39 is 5.97 Å². The molecule has 0 fully saturated rings. The number of benzene rings is 1. The molecule has 6 heteroatoms. The molecule has 0 unspecified atom stereocenters. The quantitative estimate of drug-likeness (QED) is 0.775. The van der Waals surface area contributed by atoms with E-state index >= 15 is 0 Å². The van der Waals surface area contributed by atoms with Crippen molar-refractivity contribution < 1.29 is 9.90 Å². The Kier molecular flexibility index (Phi) is 2.91. The molecular formula is C13H9BrN2O2S. The second-order valence-corrected chi connectivity index (χ2v) is 5.79. The number of aromatic nitrogens is 2. The van der Waals surface area contributed by atoms with Gasteiger partial charge in [-0.15, -0.1) is 11.3 Å². The minimum Gasteiger partial charge on any atom is -0.476 e. The van der Waals surface area contributed by atoms with Crippen molar-refractivity contribution in [3.8, 4) is 11.3 Å². The summed E-state index contributed by atoms with van der Waals surface area (Å²) in [6.07, 6.45) is 0. The first-order chi connectivity index (χ1) is 9.09. The largest absolute Gasteiger partial charge is 0.476 e. The molecule has 3 aromatic rings. The molecule has 2 aromatic heterocycles. The first kappa shape index (κ1) is 12.4. The summed E-state index contributed by atoms with van der Waals surface area (Å²) in [5.74, 6) is -0.993. The van der Waals surface area contributed by atoms with Crippen LogP contribution in [0.3, 0.4) is 0 Å². The summed E-state index contributed by atoms with van der Waals surface area (Å²) < 4.78 is 3.06. The highest BCUT2D eigenvalue weighted by Crippen LogP contribution is 2.37. The highest BCUT2D eigenvalue weighted by atomic mass is 79.9. The monoisotopic (exact) mass is 336 g/mol. The number of thiophene rings is 1. The Morgan fingerprint density at radius 3 is 2.84 bits per heavy atom. The summed E-state index contributed by atoms with van der Waals surface area (Å²) in [6, 6.07) is 8.01. The van der Waals surface area contributed by atoms with Crippen molar-refractivity contribution in [3.05, 3.63) is 39.8 Å². The number of nitrogens with zero attached hydrogens (tertiary/aromatic N) is 2. The van der Waals surface area contributed by atoms with Crippen molar-refractivity contribution in [2.24, 2.45) is 7.05 Å². The standard InChI is InChI=1S/C13H9BrN2O2S/c1-16-12(13(17)18)10(14)11(15-16)8-6-19-9-5-3-2-4-7(8)9/h2-6H,1H3,(H,17,18). The fraction of sp³-hybridized carbons (Fsp3) is 0.0769. The fourth-order valence-corrected chi connectivity index (χ4v) is 3.73. The molecule has 0 bridgehead atoms. The molecule has 0 radical (unpaired) electrons. The van der Waals surface area contributed by atoms with Crippen molar-refractivity contribution in [1.29, 1.82) is 0 Å². The molecule has 0 amide bonds. The number of hydrogen-bond acceptors (Lipinski definition) is 3. The molecule has 0 aliphatic rings. The Balaban J connectivity index is 2.28. The number of aromatic carboxylic acids is 1. The van der Waals surface area contributed by atoms with Gasteiger partial charge in [0.05, 0.1) is 4.47 Å². The normalized spacial score (nSPS) is 11.1. The number of hydrogen-bond donors (Lipinski definition) is 1. The zero-order valence-electron chi connectivity index (χ0n) is 9.92. The number of halogens is 1. The van der Waals surface area contributed by atoms with Gasteiger partial charge in [-0.2, -0.15) is 5.10 Å². The van der Waals surface area contributed by atoms with Crippen LogP contribution in [0.2, 0.25) is 0 Å². The number of carboxylic acids is 1. The zero-order valence-corrected chi connectivity index (χ0v) is 12.3. The number of aryl methyl sites for hydroxylation is 1. The van der Waals surface area contributed by atoms with Crippen molar-refractivity contribution in [2.45, 2.75) is 0 Å². The molecule has 1 aromatic carbocycles. The molecule has 0 spiro atoms. The van der Waals surface area contributed by atoms with Crippen LogP contribution in [0.15, 0.2) is 34.1 Å². The number of carbonyl (C=O) groups is 1. The van der Waals surface area contributed by atoms with Crippen molar-refractivity contribution in [3.63, 3.8) is 0 Å². The lowest BCUT2D eigenvalue weighted by atomic mass is 10.1. The summed E-state index contributed by atoms with van der Waals surface area (Å²) >= 11 is 4.97. The van der Waals surface area contributed by atoms with Gasteiger partial charge >= 0.3 is 5.97 Å². The summed E-state index contributed by atoms with van der Waals surface area (Å²) in [4.78, 5) is 11.2. The van der Waals surface area contributed by atoms with Gasteiger partial charge in [-0.3, -0.25) is 4.68 Å². The number of rotatable bonds is 2. The summed E-state index contributed by atoms with van der Waals surface area (Å²) in [6.45, 7) is 0. The maximum Gasteiger partial charge on any atom is 0.355 e. The minimum atomic E-state index is -0.993. The maximum atomic E-state index is 11.2. The summed E-state index contributed by atoms with van der Waals surface area (Å²) in [5.41, 5.74) is 1.78. The van der Waals surface area contributed by atoms with E-state index in [2.05, 4.69) is 21.0 Å². The number of fused-ring (bicyclic) bond motifs is 1. The molecular weight excluding hydrogens is 328 g/mol. The van der Waals surface area contributed by atoms with E-state index in [4.69, 9.17) is 0 Å². The molecule has 3 rings (SSSR count). The Labute approximate surface area is 121 Å². The van der Waals surface area contributed by atoms with Gasteiger partial charge in [0.2, 0.25) is 0 Å². The van der Waals surface area contributed by atoms with Crippen LogP contribution in [0.25, 0.3) is 21.3 Å². The van der Waals surface area contributed by atoms with Gasteiger partial charge in [-0.05, 0) is 22.0 Å². The van der Waals surface area contributed by atoms with Gasteiger partial charge in [0.1, 0.15) is 5.69 Å². The van der Waals surface area contributed by atoms with E-state index in [9.17, 15) is 9.90 Å². The lowest BCUT2D eigenvalue weighted by molar-refractivity contribution is 0.0684. The molecule has 1 N–H and O–H groups in total. The lowest BCUT2D eigenvalue weighted by Gasteiger charge is -1.95. The molecule has 2 heterocycles. The SMILES string of the molecule is Cn1nc(-c2csc3ccccc23)c(Br)c1C(=O)O. The van der Waals surface area contributed by atoms with Crippen LogP contribution in [-0.2, 0) is 7.05 Å². The Morgan fingerprint density at radius 1 is 1.42 bits per heavy atom. The molecule has 96 valence electrons. The van der Waals surface area contributed by atoms with E-state index in [1.165, 1.54) is 4.68 Å². The minimum absolute atomic E-state index is 0.158. The second kappa shape index (κ2) is 4.47. The van der Waals surface area contributed by atoms with Gasteiger partial charge in [-0.25, -0.2) is 4.79 Å². The van der Waals surface area contributed by atoms with E-state index in [0.29, 0.717) is 10.2 Å². The van der Waals surface area contributed by atoms with E-state index in [1.807, 2.05) is 29.6 Å². The Bertz CT molecular complexity index is 791. The van der Waals surface area contributed by atoms with Gasteiger partial charge < -0.3 is 5.11 Å². The van der Waals surface area contributed by atoms with Crippen LogP contribution in [0.5, 0.6) is 0 Å². The third-order valence-corrected chi connectivity index (χ3v) is 4.64. The first-order valence-electron chi connectivity index (χ1n) is 5.52. The lowest BCUT2D eigenvalue weighted by Crippen LogP contribution is -2.05. The highest BCUT2D eigenvalue weighted by molar-refractivity contribution is 9.10. The molecule has 0 saturated heterocycles. The zero-order chi connectivity index (χ0) is 13.6. The van der Waals surface area contributed by atoms with Crippen molar-refractivity contribution in [2.75, 3.05) is 0 Å². The van der Waals surface area contributed by atoms with Crippen LogP contribution in [0.1, 0.15) is 10.5 Å². The Hall–Kier alpha value is -1.66. The predicted molar refractivity (Wildman–Crippen MR) is 78.7 cm³/mol. The highest BCUT2D eigenvalue weighted by Gasteiger charge is 2.22. The van der Waals surface area contributed by atoms with Gasteiger partial charge in [-0.1, -0.05) is 18.2 Å². The fourth-order valence-electron chi connectivity index (χ4n) is 2.06. The van der Waals surface area contributed by atoms with Crippen molar-refractivity contribution >= 4 is 43.3 Å². The molecule has 4 nitrogen and oxygen atoms in total. The van der Waals surface area contributed by atoms with Crippen LogP contribution in [0.4, 0.5) is 0 Å². The average molecular weight is 337 g/mol. The topological polar surface area (TPSA) is 55.1 Å². The van der Waals surface area contributed by atoms with Gasteiger partial charge in [0.25, 0.3) is 0 Å². The summed E-state index contributed by atoms with van der Waals surface area (Å²) in [7, 11) is 1.63. The van der Waals surface area contributed by atoms with Crippen molar-refractivity contribution in [1.82, 2.24) is 9.78 Å². The van der Waals surface area contributed by atoms with Crippen LogP contribution in [0, 0.1) is 0 Å². The smallest absolute Gasteiger partial charge is 0.355 e. The molecule has 0 saturated carbocycles. The first-order valence-corrected chi connectivity index (χ1v) is 7.19. The third-order valence-electron chi connectivity index (χ3n) is 2.93. The van der Waals surface area contributed by atoms with Gasteiger partial charge in [0.15, 0.2) is 5.69 Å². The molecule has 19 heavy (non-hydrogen) atoms. The summed E-state index contributed by atoms with van der Waals surface area (Å²) in [5, 5.41) is 16.6. The number of carboxylic acid groups (broad SMARTS) is 1. The third kappa shape index (κ3) is 1.87. The molecule has 0 aliphatic carbocycles. The van der Waals surface area contributed by atoms with Crippen LogP contribution < -0.4 is 0 Å². The Morgan fingerprint density at radius 2 is 2.16 bits per heavy atom.